The fourth-order valence-corrected chi connectivity index (χ4v) is 2.78. The van der Waals surface area contributed by atoms with Crippen LogP contribution in [-0.2, 0) is 4.84 Å². The quantitative estimate of drug-likeness (QED) is 0.451. The first-order valence-corrected chi connectivity index (χ1v) is 7.84. The van der Waals surface area contributed by atoms with Crippen molar-refractivity contribution < 1.29 is 4.84 Å². The predicted molar refractivity (Wildman–Crippen MR) is 88.7 cm³/mol. The van der Waals surface area contributed by atoms with Gasteiger partial charge in [0.05, 0.1) is 5.57 Å². The number of thioether (sulfide) groups is 1. The fourth-order valence-electron chi connectivity index (χ4n) is 1.93. The Hall–Kier alpha value is -1.99. The summed E-state index contributed by atoms with van der Waals surface area (Å²) in [7, 11) is 0. The summed E-state index contributed by atoms with van der Waals surface area (Å²) in [5.41, 5.74) is 2.76. The molecule has 4 heteroatoms. The zero-order valence-corrected chi connectivity index (χ0v) is 13.1. The van der Waals surface area contributed by atoms with E-state index >= 15 is 0 Å². The Morgan fingerprint density at radius 3 is 2.86 bits per heavy atom. The molecule has 1 heterocycles. The molecule has 0 fully saturated rings. The summed E-state index contributed by atoms with van der Waals surface area (Å²) in [5.74, 6) is 0. The van der Waals surface area contributed by atoms with Crippen molar-refractivity contribution in [2.24, 2.45) is 5.16 Å². The molecule has 108 valence electrons. The molecule has 0 aliphatic carbocycles. The Bertz CT molecular complexity index is 638. The van der Waals surface area contributed by atoms with E-state index in [2.05, 4.69) is 18.1 Å². The lowest BCUT2D eigenvalue weighted by Gasteiger charge is -2.05. The second-order valence-electron chi connectivity index (χ2n) is 4.72. The Kier molecular flexibility index (Phi) is 5.65. The first kappa shape index (κ1) is 15.4. The van der Waals surface area contributed by atoms with Gasteiger partial charge in [-0.15, -0.1) is 0 Å². The van der Waals surface area contributed by atoms with Crippen LogP contribution >= 0.6 is 11.8 Å². The minimum absolute atomic E-state index is 0.635. The standard InChI is InChI=1S/C17H18N2OS/c1-3-4-11-20-19-17-10-9-16(21-17)15(12-18)14-8-6-5-7-13(14)2/h5-10H,3-4,11H2,1-2H3/b16-15+,19-17?. The lowest BCUT2D eigenvalue weighted by Crippen LogP contribution is -1.91. The van der Waals surface area contributed by atoms with Crippen LogP contribution in [0.1, 0.15) is 30.9 Å². The molecule has 3 nitrogen and oxygen atoms in total. The van der Waals surface area contributed by atoms with Crippen LogP contribution in [-0.4, -0.2) is 11.7 Å². The van der Waals surface area contributed by atoms with E-state index in [9.17, 15) is 5.26 Å². The first-order chi connectivity index (χ1) is 10.3. The van der Waals surface area contributed by atoms with Gasteiger partial charge in [0, 0.05) is 4.91 Å². The van der Waals surface area contributed by atoms with E-state index < -0.39 is 0 Å². The molecule has 0 N–H and O–H groups in total. The van der Waals surface area contributed by atoms with Crippen molar-refractivity contribution in [1.29, 1.82) is 5.26 Å². The van der Waals surface area contributed by atoms with Crippen LogP contribution in [0.3, 0.4) is 0 Å². The van der Waals surface area contributed by atoms with Crippen LogP contribution in [0.15, 0.2) is 46.5 Å². The van der Waals surface area contributed by atoms with Crippen molar-refractivity contribution in [3.8, 4) is 6.07 Å². The maximum Gasteiger partial charge on any atom is 0.140 e. The molecular formula is C17H18N2OS. The Balaban J connectivity index is 2.16. The lowest BCUT2D eigenvalue weighted by atomic mass is 10.0. The number of benzene rings is 1. The summed E-state index contributed by atoms with van der Waals surface area (Å²) in [6.07, 6.45) is 5.91. The van der Waals surface area contributed by atoms with E-state index in [1.165, 1.54) is 11.8 Å². The van der Waals surface area contributed by atoms with Gasteiger partial charge >= 0.3 is 0 Å². The Morgan fingerprint density at radius 1 is 1.33 bits per heavy atom. The van der Waals surface area contributed by atoms with Crippen LogP contribution in [0, 0.1) is 18.3 Å². The number of aryl methyl sites for hydroxylation is 1. The molecule has 1 aliphatic heterocycles. The van der Waals surface area contributed by atoms with Crippen LogP contribution in [0.5, 0.6) is 0 Å². The van der Waals surface area contributed by atoms with E-state index in [-0.39, 0.29) is 0 Å². The van der Waals surface area contributed by atoms with Gasteiger partial charge in [-0.3, -0.25) is 0 Å². The Morgan fingerprint density at radius 2 is 2.14 bits per heavy atom. The summed E-state index contributed by atoms with van der Waals surface area (Å²) in [5, 5.41) is 14.4. The Labute approximate surface area is 130 Å². The molecule has 0 saturated heterocycles. The number of hydrogen-bond donors (Lipinski definition) is 0. The number of nitriles is 1. The van der Waals surface area contributed by atoms with E-state index in [1.54, 1.807) is 0 Å². The molecule has 0 atom stereocenters. The fraction of sp³-hybridized carbons (Fsp3) is 0.294. The average Bonchev–Trinajstić information content (AvgIpc) is 2.95. The van der Waals surface area contributed by atoms with Crippen molar-refractivity contribution in [2.45, 2.75) is 26.7 Å². The van der Waals surface area contributed by atoms with Crippen molar-refractivity contribution in [3.05, 3.63) is 52.4 Å². The van der Waals surface area contributed by atoms with Crippen LogP contribution < -0.4 is 0 Å². The van der Waals surface area contributed by atoms with Gasteiger partial charge in [0.2, 0.25) is 0 Å². The minimum atomic E-state index is 0.635. The number of hydrogen-bond acceptors (Lipinski definition) is 4. The van der Waals surface area contributed by atoms with Crippen LogP contribution in [0.25, 0.3) is 5.57 Å². The van der Waals surface area contributed by atoms with Crippen molar-refractivity contribution in [1.82, 2.24) is 0 Å². The zero-order chi connectivity index (χ0) is 15.1. The molecule has 2 rings (SSSR count). The smallest absolute Gasteiger partial charge is 0.140 e. The van der Waals surface area contributed by atoms with Crippen molar-refractivity contribution in [3.63, 3.8) is 0 Å². The zero-order valence-electron chi connectivity index (χ0n) is 12.3. The lowest BCUT2D eigenvalue weighted by molar-refractivity contribution is 0.142. The molecule has 0 bridgehead atoms. The highest BCUT2D eigenvalue weighted by molar-refractivity contribution is 8.18. The number of allylic oxidation sites excluding steroid dienone is 2. The van der Waals surface area contributed by atoms with Gasteiger partial charge in [0.1, 0.15) is 17.7 Å². The number of nitrogens with zero attached hydrogens (tertiary/aromatic N) is 2. The van der Waals surface area contributed by atoms with E-state index in [4.69, 9.17) is 4.84 Å². The highest BCUT2D eigenvalue weighted by Gasteiger charge is 2.16. The largest absolute Gasteiger partial charge is 0.395 e. The third kappa shape index (κ3) is 3.99. The molecule has 21 heavy (non-hydrogen) atoms. The first-order valence-electron chi connectivity index (χ1n) is 7.02. The summed E-state index contributed by atoms with van der Waals surface area (Å²) in [6, 6.07) is 10.2. The van der Waals surface area contributed by atoms with Gasteiger partial charge in [0.15, 0.2) is 0 Å². The van der Waals surface area contributed by atoms with Gasteiger partial charge in [-0.1, -0.05) is 54.5 Å². The molecule has 1 aromatic rings. The minimum Gasteiger partial charge on any atom is -0.395 e. The average molecular weight is 298 g/mol. The summed E-state index contributed by atoms with van der Waals surface area (Å²) < 4.78 is 0. The summed E-state index contributed by atoms with van der Waals surface area (Å²) in [6.45, 7) is 4.76. The van der Waals surface area contributed by atoms with E-state index in [0.29, 0.717) is 12.2 Å². The molecule has 1 aliphatic rings. The molecule has 1 aromatic carbocycles. The number of unbranched alkanes of at least 4 members (excludes halogenated alkanes) is 1. The number of oxime groups is 1. The summed E-state index contributed by atoms with van der Waals surface area (Å²) in [4.78, 5) is 6.18. The van der Waals surface area contributed by atoms with Crippen molar-refractivity contribution >= 4 is 22.4 Å². The van der Waals surface area contributed by atoms with E-state index in [0.717, 1.165) is 33.9 Å². The monoisotopic (exact) mass is 298 g/mol. The molecule has 0 amide bonds. The van der Waals surface area contributed by atoms with Gasteiger partial charge in [0.25, 0.3) is 0 Å². The second kappa shape index (κ2) is 7.70. The third-order valence-electron chi connectivity index (χ3n) is 3.11. The predicted octanol–water partition coefficient (Wildman–Crippen LogP) is 4.66. The molecule has 0 aromatic heterocycles. The summed E-state index contributed by atoms with van der Waals surface area (Å²) >= 11 is 1.48. The maximum atomic E-state index is 9.47. The van der Waals surface area contributed by atoms with Gasteiger partial charge in [-0.25, -0.2) is 0 Å². The van der Waals surface area contributed by atoms with Crippen molar-refractivity contribution in [2.75, 3.05) is 6.61 Å². The molecule has 0 unspecified atom stereocenters. The SMILES string of the molecule is CCCCON=C1C=C/C(=C(/C#N)c2ccccc2C)S1. The van der Waals surface area contributed by atoms with Gasteiger partial charge in [-0.2, -0.15) is 5.26 Å². The normalized spacial score (nSPS) is 17.9. The van der Waals surface area contributed by atoms with Gasteiger partial charge in [-0.05, 0) is 36.6 Å². The molecule has 0 saturated carbocycles. The molecular weight excluding hydrogens is 280 g/mol. The highest BCUT2D eigenvalue weighted by Crippen LogP contribution is 2.34. The van der Waals surface area contributed by atoms with Gasteiger partial charge < -0.3 is 4.84 Å². The highest BCUT2D eigenvalue weighted by atomic mass is 32.2. The third-order valence-corrected chi connectivity index (χ3v) is 4.09. The maximum absolute atomic E-state index is 9.47. The van der Waals surface area contributed by atoms with Crippen LogP contribution in [0.2, 0.25) is 0 Å². The molecule has 0 spiro atoms. The molecule has 0 radical (unpaired) electrons. The topological polar surface area (TPSA) is 45.4 Å². The second-order valence-corrected chi connectivity index (χ2v) is 5.78. The number of rotatable bonds is 5. The van der Waals surface area contributed by atoms with E-state index in [1.807, 2.05) is 43.3 Å². The van der Waals surface area contributed by atoms with Crippen LogP contribution in [0.4, 0.5) is 0 Å².